The number of morpholine rings is 1. The van der Waals surface area contributed by atoms with Crippen molar-refractivity contribution in [2.24, 2.45) is 0 Å². The molecular weight excluding hydrogens is 432 g/mol. The Morgan fingerprint density at radius 2 is 1.82 bits per heavy atom. The molecule has 2 saturated heterocycles. The fourth-order valence-corrected chi connectivity index (χ4v) is 4.49. The fraction of sp³-hybridized carbons (Fsp3) is 0.727. The molecule has 0 radical (unpaired) electrons. The predicted octanol–water partition coefficient (Wildman–Crippen LogP) is 0.163. The van der Waals surface area contributed by atoms with Gasteiger partial charge in [0.05, 0.1) is 36.9 Å². The topological polar surface area (TPSA) is 152 Å². The van der Waals surface area contributed by atoms with E-state index in [1.165, 1.54) is 0 Å². The minimum atomic E-state index is -1.24. The average Bonchev–Trinajstić information content (AvgIpc) is 2.82. The van der Waals surface area contributed by atoms with Gasteiger partial charge in [-0.3, -0.25) is 15.0 Å². The van der Waals surface area contributed by atoms with Gasteiger partial charge in [-0.25, -0.2) is 0 Å². The Bertz CT molecular complexity index is 762. The highest BCUT2D eigenvalue weighted by atomic mass is 16.6. The van der Waals surface area contributed by atoms with Gasteiger partial charge in [-0.1, -0.05) is 12.8 Å². The molecule has 2 fully saturated rings. The number of nitro groups is 1. The summed E-state index contributed by atoms with van der Waals surface area (Å²) in [5.41, 5.74) is 1.41. The number of rotatable bonds is 11. The Labute approximate surface area is 193 Å². The first-order valence-electron chi connectivity index (χ1n) is 11.7. The number of likely N-dealkylation sites (tertiary alicyclic amines) is 1. The summed E-state index contributed by atoms with van der Waals surface area (Å²) in [6, 6.07) is 4.70. The van der Waals surface area contributed by atoms with Gasteiger partial charge in [0.2, 0.25) is 0 Å². The van der Waals surface area contributed by atoms with E-state index in [1.54, 1.807) is 12.1 Å². The van der Waals surface area contributed by atoms with Crippen LogP contribution in [-0.2, 0) is 4.74 Å². The van der Waals surface area contributed by atoms with Crippen LogP contribution in [0.25, 0.3) is 0 Å². The van der Waals surface area contributed by atoms with Crippen molar-refractivity contribution in [2.45, 2.75) is 50.0 Å². The summed E-state index contributed by atoms with van der Waals surface area (Å²) in [6.07, 6.45) is 0.0411. The van der Waals surface area contributed by atoms with Crippen LogP contribution in [0.15, 0.2) is 18.2 Å². The molecular formula is C22H36N4O7. The van der Waals surface area contributed by atoms with E-state index < -0.39 is 24.4 Å². The maximum Gasteiger partial charge on any atom is 0.294 e. The van der Waals surface area contributed by atoms with E-state index in [0.29, 0.717) is 32.0 Å². The Kier molecular flexibility index (Phi) is 9.65. The summed E-state index contributed by atoms with van der Waals surface area (Å²) in [6.45, 7) is 3.84. The van der Waals surface area contributed by atoms with Crippen molar-refractivity contribution in [1.29, 1.82) is 0 Å². The van der Waals surface area contributed by atoms with Crippen LogP contribution in [0.4, 0.5) is 17.1 Å². The largest absolute Gasteiger partial charge is 0.395 e. The maximum absolute atomic E-state index is 11.5. The van der Waals surface area contributed by atoms with Crippen LogP contribution in [0.5, 0.6) is 0 Å². The van der Waals surface area contributed by atoms with E-state index in [2.05, 4.69) is 10.2 Å². The lowest BCUT2D eigenvalue weighted by Crippen LogP contribution is -2.62. The van der Waals surface area contributed by atoms with Crippen LogP contribution in [0, 0.1) is 10.1 Å². The van der Waals surface area contributed by atoms with E-state index in [0.717, 1.165) is 44.5 Å². The molecule has 4 atom stereocenters. The van der Waals surface area contributed by atoms with Gasteiger partial charge in [0.15, 0.2) is 0 Å². The summed E-state index contributed by atoms with van der Waals surface area (Å²) in [5, 5.41) is 53.9. The van der Waals surface area contributed by atoms with Gasteiger partial charge in [0, 0.05) is 37.9 Å². The predicted molar refractivity (Wildman–Crippen MR) is 124 cm³/mol. The lowest BCUT2D eigenvalue weighted by atomic mass is 9.94. The highest BCUT2D eigenvalue weighted by Gasteiger charge is 2.40. The van der Waals surface area contributed by atoms with Gasteiger partial charge in [-0.05, 0) is 31.5 Å². The molecule has 2 aliphatic heterocycles. The van der Waals surface area contributed by atoms with Gasteiger partial charge in [0.1, 0.15) is 17.9 Å². The molecule has 11 nitrogen and oxygen atoms in total. The monoisotopic (exact) mass is 468 g/mol. The van der Waals surface area contributed by atoms with E-state index in [9.17, 15) is 30.5 Å². The average molecular weight is 469 g/mol. The zero-order chi connectivity index (χ0) is 23.8. The molecule has 2 aliphatic rings. The Morgan fingerprint density at radius 3 is 2.52 bits per heavy atom. The number of unbranched alkanes of at least 4 members (excludes halogenated alkanes) is 3. The Morgan fingerprint density at radius 1 is 1.09 bits per heavy atom. The van der Waals surface area contributed by atoms with Gasteiger partial charge in [-0.15, -0.1) is 0 Å². The molecule has 1 aromatic rings. The SMILES string of the molecule is O=[N+]([O-])c1cc(N2CCOCC2)ccc1NCCCCCCN1C[C@H](O)[C@@H](O)[C@H](O)[C@H]1CO. The first kappa shape index (κ1) is 25.6. The van der Waals surface area contributed by atoms with Crippen LogP contribution in [-0.4, -0.2) is 107 Å². The Balaban J connectivity index is 1.39. The summed E-state index contributed by atoms with van der Waals surface area (Å²) >= 11 is 0. The van der Waals surface area contributed by atoms with Crippen LogP contribution in [0.3, 0.4) is 0 Å². The van der Waals surface area contributed by atoms with Gasteiger partial charge in [0.25, 0.3) is 5.69 Å². The number of anilines is 2. The van der Waals surface area contributed by atoms with Crippen molar-refractivity contribution in [3.05, 3.63) is 28.3 Å². The highest BCUT2D eigenvalue weighted by Crippen LogP contribution is 2.30. The van der Waals surface area contributed by atoms with Crippen LogP contribution in [0.1, 0.15) is 25.7 Å². The molecule has 0 aliphatic carbocycles. The van der Waals surface area contributed by atoms with Crippen molar-refractivity contribution in [1.82, 2.24) is 4.90 Å². The quantitative estimate of drug-likeness (QED) is 0.173. The van der Waals surface area contributed by atoms with E-state index in [4.69, 9.17) is 4.74 Å². The minimum absolute atomic E-state index is 0.0680. The molecule has 11 heteroatoms. The number of hydrogen-bond acceptors (Lipinski definition) is 10. The molecule has 0 bridgehead atoms. The van der Waals surface area contributed by atoms with Gasteiger partial charge < -0.3 is 35.4 Å². The molecule has 33 heavy (non-hydrogen) atoms. The number of β-amino-alcohol motifs (C(OH)–C–C–N with tert-alkyl or cyclic N) is 1. The molecule has 5 N–H and O–H groups in total. The second kappa shape index (κ2) is 12.4. The number of nitrogens with zero attached hydrogens (tertiary/aromatic N) is 3. The second-order valence-electron chi connectivity index (χ2n) is 8.69. The molecule has 0 unspecified atom stereocenters. The van der Waals surface area contributed by atoms with E-state index in [1.807, 2.05) is 11.0 Å². The standard InChI is InChI=1S/C22H36N4O7/c27-15-19-21(29)22(30)20(28)14-25(19)8-4-2-1-3-7-23-17-6-5-16(13-18(17)26(31)32)24-9-11-33-12-10-24/h5-6,13,19-23,27-30H,1-4,7-12,14-15H2/t19-,20+,21-,22-/m1/s1. The van der Waals surface area contributed by atoms with Gasteiger partial charge >= 0.3 is 0 Å². The maximum atomic E-state index is 11.5. The number of hydrogen-bond donors (Lipinski definition) is 5. The van der Waals surface area contributed by atoms with Crippen molar-refractivity contribution < 1.29 is 30.1 Å². The molecule has 0 amide bonds. The van der Waals surface area contributed by atoms with Crippen LogP contribution < -0.4 is 10.2 Å². The highest BCUT2D eigenvalue weighted by molar-refractivity contribution is 5.68. The van der Waals surface area contributed by atoms with Crippen LogP contribution >= 0.6 is 0 Å². The second-order valence-corrected chi connectivity index (χ2v) is 8.69. The molecule has 3 rings (SSSR count). The molecule has 0 spiro atoms. The minimum Gasteiger partial charge on any atom is -0.395 e. The fourth-order valence-electron chi connectivity index (χ4n) is 4.49. The third kappa shape index (κ3) is 6.75. The van der Waals surface area contributed by atoms with Crippen molar-refractivity contribution >= 4 is 17.1 Å². The normalized spacial score (nSPS) is 26.4. The summed E-state index contributed by atoms with van der Waals surface area (Å²) < 4.78 is 5.34. The zero-order valence-corrected chi connectivity index (χ0v) is 18.9. The first-order valence-corrected chi connectivity index (χ1v) is 11.7. The zero-order valence-electron chi connectivity index (χ0n) is 18.9. The van der Waals surface area contributed by atoms with E-state index >= 15 is 0 Å². The molecule has 0 saturated carbocycles. The number of benzene rings is 1. The van der Waals surface area contributed by atoms with Crippen molar-refractivity contribution in [2.75, 3.05) is 62.8 Å². The Hall–Kier alpha value is -2.02. The summed E-state index contributed by atoms with van der Waals surface area (Å²) in [5.74, 6) is 0. The number of aliphatic hydroxyl groups is 4. The third-order valence-corrected chi connectivity index (χ3v) is 6.46. The van der Waals surface area contributed by atoms with Gasteiger partial charge in [-0.2, -0.15) is 0 Å². The number of nitrogens with one attached hydrogen (secondary N) is 1. The number of ether oxygens (including phenoxy) is 1. The smallest absolute Gasteiger partial charge is 0.294 e. The number of piperidine rings is 1. The van der Waals surface area contributed by atoms with E-state index in [-0.39, 0.29) is 23.8 Å². The lowest BCUT2D eigenvalue weighted by Gasteiger charge is -2.43. The molecule has 0 aromatic heterocycles. The number of aliphatic hydroxyl groups excluding tert-OH is 4. The summed E-state index contributed by atoms with van der Waals surface area (Å²) in [4.78, 5) is 15.1. The van der Waals surface area contributed by atoms with Crippen LogP contribution in [0.2, 0.25) is 0 Å². The first-order chi connectivity index (χ1) is 15.9. The molecule has 2 heterocycles. The van der Waals surface area contributed by atoms with Crippen molar-refractivity contribution in [3.8, 4) is 0 Å². The lowest BCUT2D eigenvalue weighted by molar-refractivity contribution is -0.383. The number of nitro benzene ring substituents is 1. The molecule has 1 aromatic carbocycles. The molecule has 186 valence electrons. The van der Waals surface area contributed by atoms with Crippen molar-refractivity contribution in [3.63, 3.8) is 0 Å². The third-order valence-electron chi connectivity index (χ3n) is 6.46. The summed E-state index contributed by atoms with van der Waals surface area (Å²) in [7, 11) is 0.